The minimum Gasteiger partial charge on any atom is -0.480 e. The number of amides is 1. The van der Waals surface area contributed by atoms with E-state index in [4.69, 9.17) is 10.2 Å². The van der Waals surface area contributed by atoms with Crippen molar-refractivity contribution in [2.24, 2.45) is 0 Å². The molecule has 0 aromatic carbocycles. The third kappa shape index (κ3) is 5.21. The van der Waals surface area contributed by atoms with Gasteiger partial charge in [-0.1, -0.05) is 6.58 Å². The number of carboxylic acid groups (broad SMARTS) is 1. The molecule has 0 radical (unpaired) electrons. The molecule has 0 aromatic heterocycles. The predicted molar refractivity (Wildman–Crippen MR) is 48.7 cm³/mol. The topological polar surface area (TPSA) is 86.6 Å². The molecular formula is C7H12ClNO4. The van der Waals surface area contributed by atoms with Crippen molar-refractivity contribution in [3.05, 3.63) is 12.7 Å². The standard InChI is InChI=1S/C7H11NO4.ClH/c1-3-5(10)8-6(4(2)9)7(11)12;/h3-4,6,9H,1H2,2H3,(H,8,10)(H,11,12);1H/t4?,6-;/m0./s1. The van der Waals surface area contributed by atoms with Crippen molar-refractivity contribution in [3.63, 3.8) is 0 Å². The molecule has 0 spiro atoms. The fourth-order valence-corrected chi connectivity index (χ4v) is 0.601. The number of carbonyl (C=O) groups is 2. The van der Waals surface area contributed by atoms with E-state index in [9.17, 15) is 9.59 Å². The maximum Gasteiger partial charge on any atom is 0.328 e. The molecule has 2 atom stereocenters. The van der Waals surface area contributed by atoms with Crippen LogP contribution in [0.2, 0.25) is 0 Å². The zero-order valence-electron chi connectivity index (χ0n) is 7.06. The molecule has 0 fully saturated rings. The monoisotopic (exact) mass is 209 g/mol. The van der Waals surface area contributed by atoms with Crippen LogP contribution in [0.1, 0.15) is 6.92 Å². The van der Waals surface area contributed by atoms with Crippen molar-refractivity contribution in [1.29, 1.82) is 0 Å². The number of hydrogen-bond acceptors (Lipinski definition) is 3. The van der Waals surface area contributed by atoms with E-state index in [-0.39, 0.29) is 12.4 Å². The Kier molecular flexibility index (Phi) is 7.17. The first-order valence-corrected chi connectivity index (χ1v) is 3.33. The van der Waals surface area contributed by atoms with Gasteiger partial charge in [-0.05, 0) is 13.0 Å². The average molecular weight is 210 g/mol. The highest BCUT2D eigenvalue weighted by atomic mass is 35.5. The number of nitrogens with one attached hydrogen (secondary N) is 1. The Morgan fingerprint density at radius 1 is 1.54 bits per heavy atom. The van der Waals surface area contributed by atoms with Crippen LogP contribution in [0.15, 0.2) is 12.7 Å². The summed E-state index contributed by atoms with van der Waals surface area (Å²) < 4.78 is 0. The molecule has 1 amide bonds. The van der Waals surface area contributed by atoms with Crippen LogP contribution in [0, 0.1) is 0 Å². The number of aliphatic hydroxyl groups is 1. The molecule has 0 saturated heterocycles. The van der Waals surface area contributed by atoms with Gasteiger partial charge in [0.2, 0.25) is 5.91 Å². The smallest absolute Gasteiger partial charge is 0.328 e. The molecule has 0 aromatic rings. The Morgan fingerprint density at radius 2 is 2.00 bits per heavy atom. The fourth-order valence-electron chi connectivity index (χ4n) is 0.601. The zero-order chi connectivity index (χ0) is 9.72. The summed E-state index contributed by atoms with van der Waals surface area (Å²) in [5.41, 5.74) is 0. The number of halogens is 1. The van der Waals surface area contributed by atoms with Gasteiger partial charge in [0, 0.05) is 0 Å². The van der Waals surface area contributed by atoms with E-state index in [0.29, 0.717) is 0 Å². The van der Waals surface area contributed by atoms with E-state index in [0.717, 1.165) is 6.08 Å². The van der Waals surface area contributed by atoms with Crippen molar-refractivity contribution in [2.45, 2.75) is 19.1 Å². The minimum absolute atomic E-state index is 0. The third-order valence-electron chi connectivity index (χ3n) is 1.23. The molecule has 0 aliphatic heterocycles. The van der Waals surface area contributed by atoms with Gasteiger partial charge in [0.1, 0.15) is 0 Å². The van der Waals surface area contributed by atoms with Gasteiger partial charge in [-0.15, -0.1) is 12.4 Å². The lowest BCUT2D eigenvalue weighted by atomic mass is 10.2. The Bertz CT molecular complexity index is 205. The zero-order valence-corrected chi connectivity index (χ0v) is 7.87. The van der Waals surface area contributed by atoms with Crippen LogP contribution in [0.5, 0.6) is 0 Å². The van der Waals surface area contributed by atoms with E-state index in [1.807, 2.05) is 0 Å². The third-order valence-corrected chi connectivity index (χ3v) is 1.23. The summed E-state index contributed by atoms with van der Waals surface area (Å²) in [4.78, 5) is 21.0. The highest BCUT2D eigenvalue weighted by molar-refractivity contribution is 5.90. The molecule has 0 aliphatic carbocycles. The summed E-state index contributed by atoms with van der Waals surface area (Å²) >= 11 is 0. The van der Waals surface area contributed by atoms with Gasteiger partial charge in [-0.25, -0.2) is 4.79 Å². The largest absolute Gasteiger partial charge is 0.480 e. The van der Waals surface area contributed by atoms with Gasteiger partial charge in [0.15, 0.2) is 6.04 Å². The molecule has 0 saturated carbocycles. The van der Waals surface area contributed by atoms with Gasteiger partial charge in [0.05, 0.1) is 6.10 Å². The number of carbonyl (C=O) groups excluding carboxylic acids is 1. The first-order valence-electron chi connectivity index (χ1n) is 3.33. The van der Waals surface area contributed by atoms with Crippen LogP contribution in [0.25, 0.3) is 0 Å². The molecule has 0 bridgehead atoms. The summed E-state index contributed by atoms with van der Waals surface area (Å²) in [5.74, 6) is -1.90. The second-order valence-electron chi connectivity index (χ2n) is 2.27. The molecular weight excluding hydrogens is 198 g/mol. The van der Waals surface area contributed by atoms with E-state index < -0.39 is 24.0 Å². The Balaban J connectivity index is 0. The van der Waals surface area contributed by atoms with Crippen LogP contribution in [-0.2, 0) is 9.59 Å². The maximum atomic E-state index is 10.6. The first kappa shape index (κ1) is 14.5. The van der Waals surface area contributed by atoms with Crippen molar-refractivity contribution >= 4 is 24.3 Å². The van der Waals surface area contributed by atoms with Crippen molar-refractivity contribution in [1.82, 2.24) is 5.32 Å². The SMILES string of the molecule is C=CC(=O)N[C@H](C(=O)O)C(C)O.Cl. The van der Waals surface area contributed by atoms with Crippen LogP contribution < -0.4 is 5.32 Å². The van der Waals surface area contributed by atoms with Crippen LogP contribution in [0.4, 0.5) is 0 Å². The summed E-state index contributed by atoms with van der Waals surface area (Å²) in [7, 11) is 0. The second-order valence-corrected chi connectivity index (χ2v) is 2.27. The van der Waals surface area contributed by atoms with Crippen molar-refractivity contribution in [3.8, 4) is 0 Å². The normalized spacial score (nSPS) is 13.4. The van der Waals surface area contributed by atoms with Crippen molar-refractivity contribution < 1.29 is 19.8 Å². The highest BCUT2D eigenvalue weighted by Gasteiger charge is 2.23. The number of rotatable bonds is 4. The first-order chi connectivity index (χ1) is 5.49. The number of hydrogen-bond donors (Lipinski definition) is 3. The second kappa shape index (κ2) is 6.45. The average Bonchev–Trinajstić information content (AvgIpc) is 1.98. The fraction of sp³-hybridized carbons (Fsp3) is 0.429. The highest BCUT2D eigenvalue weighted by Crippen LogP contribution is 1.92. The number of carboxylic acids is 1. The number of aliphatic hydroxyl groups excluding tert-OH is 1. The van der Waals surface area contributed by atoms with Gasteiger partial charge in [-0.2, -0.15) is 0 Å². The molecule has 0 rings (SSSR count). The molecule has 1 unspecified atom stereocenters. The Morgan fingerprint density at radius 3 is 2.23 bits per heavy atom. The van der Waals surface area contributed by atoms with Gasteiger partial charge in [-0.3, -0.25) is 4.79 Å². The Labute approximate surface area is 81.9 Å². The molecule has 5 nitrogen and oxygen atoms in total. The summed E-state index contributed by atoms with van der Waals surface area (Å²) in [6, 6.07) is -1.28. The van der Waals surface area contributed by atoms with Crippen LogP contribution in [0.3, 0.4) is 0 Å². The lowest BCUT2D eigenvalue weighted by molar-refractivity contribution is -0.144. The molecule has 76 valence electrons. The minimum atomic E-state index is -1.28. The van der Waals surface area contributed by atoms with E-state index >= 15 is 0 Å². The lowest BCUT2D eigenvalue weighted by Gasteiger charge is -2.15. The summed E-state index contributed by atoms with van der Waals surface area (Å²) in [6.07, 6.45) is -0.190. The number of aliphatic carboxylic acids is 1. The molecule has 6 heteroatoms. The summed E-state index contributed by atoms with van der Waals surface area (Å²) in [6.45, 7) is 4.43. The lowest BCUT2D eigenvalue weighted by Crippen LogP contribution is -2.47. The quantitative estimate of drug-likeness (QED) is 0.547. The van der Waals surface area contributed by atoms with E-state index in [1.54, 1.807) is 0 Å². The van der Waals surface area contributed by atoms with Gasteiger partial charge in [0.25, 0.3) is 0 Å². The van der Waals surface area contributed by atoms with E-state index in [1.165, 1.54) is 6.92 Å². The Hall–Kier alpha value is -1.07. The maximum absolute atomic E-state index is 10.6. The molecule has 13 heavy (non-hydrogen) atoms. The van der Waals surface area contributed by atoms with E-state index in [2.05, 4.69) is 11.9 Å². The van der Waals surface area contributed by atoms with Crippen LogP contribution >= 0.6 is 12.4 Å². The molecule has 0 aliphatic rings. The van der Waals surface area contributed by atoms with Gasteiger partial charge >= 0.3 is 5.97 Å². The van der Waals surface area contributed by atoms with Crippen molar-refractivity contribution in [2.75, 3.05) is 0 Å². The molecule has 3 N–H and O–H groups in total. The van der Waals surface area contributed by atoms with Crippen LogP contribution in [-0.4, -0.2) is 34.2 Å². The molecule has 0 heterocycles. The predicted octanol–water partition coefficient (Wildman–Crippen LogP) is -0.456. The van der Waals surface area contributed by atoms with Gasteiger partial charge < -0.3 is 15.5 Å². The summed E-state index contributed by atoms with van der Waals surface area (Å²) in [5, 5.41) is 19.4.